The maximum atomic E-state index is 11.8. The van der Waals surface area contributed by atoms with Crippen LogP contribution in [0.4, 0.5) is 0 Å². The van der Waals surface area contributed by atoms with Crippen molar-refractivity contribution in [3.05, 3.63) is 64.9 Å². The summed E-state index contributed by atoms with van der Waals surface area (Å²) in [5.74, 6) is 0.812. The monoisotopic (exact) mass is 435 g/mol. The Hall–Kier alpha value is -1.94. The minimum atomic E-state index is -0.203. The van der Waals surface area contributed by atoms with E-state index < -0.39 is 0 Å². The lowest BCUT2D eigenvalue weighted by Crippen LogP contribution is -2.19. The second-order valence-corrected chi connectivity index (χ2v) is 8.98. The van der Waals surface area contributed by atoms with Crippen molar-refractivity contribution in [2.24, 2.45) is 5.10 Å². The number of nitrogens with one attached hydrogen (secondary N) is 1. The maximum absolute atomic E-state index is 11.8. The predicted octanol–water partition coefficient (Wildman–Crippen LogP) is 4.12. The molecule has 2 heterocycles. The van der Waals surface area contributed by atoms with Crippen LogP contribution in [0.15, 0.2) is 62.6 Å². The normalized spacial score (nSPS) is 11.0. The third-order valence-electron chi connectivity index (χ3n) is 3.08. The van der Waals surface area contributed by atoms with E-state index in [1.807, 2.05) is 30.3 Å². The third kappa shape index (κ3) is 6.94. The highest BCUT2D eigenvalue weighted by molar-refractivity contribution is 8.03. The second kappa shape index (κ2) is 10.4. The topological polar surface area (TPSA) is 80.1 Å². The quantitative estimate of drug-likeness (QED) is 0.325. The van der Waals surface area contributed by atoms with Crippen LogP contribution in [0, 0.1) is 0 Å². The Bertz CT molecular complexity index is 902. The number of hydrogen-bond donors (Lipinski definition) is 1. The van der Waals surface area contributed by atoms with Crippen LogP contribution in [0.2, 0.25) is 5.02 Å². The van der Waals surface area contributed by atoms with Gasteiger partial charge in [0.2, 0.25) is 0 Å². The number of nitrogens with zero attached hydrogens (tertiary/aromatic N) is 4. The molecule has 1 aromatic carbocycles. The number of pyridine rings is 1. The molecule has 0 aliphatic carbocycles. The SMILES string of the molecule is O=C(CSc1nnc(SCc2ccc(Cl)cc2)s1)NN=Cc1cccnc1. The highest BCUT2D eigenvalue weighted by atomic mass is 35.5. The highest BCUT2D eigenvalue weighted by Crippen LogP contribution is 2.30. The summed E-state index contributed by atoms with van der Waals surface area (Å²) in [6.07, 6.45) is 4.89. The number of benzene rings is 1. The molecule has 0 fully saturated rings. The van der Waals surface area contributed by atoms with Gasteiger partial charge in [0.15, 0.2) is 8.68 Å². The first kappa shape index (κ1) is 19.8. The largest absolute Gasteiger partial charge is 0.272 e. The Balaban J connectivity index is 1.40. The van der Waals surface area contributed by atoms with Crippen LogP contribution in [0.3, 0.4) is 0 Å². The molecule has 138 valence electrons. The van der Waals surface area contributed by atoms with Gasteiger partial charge >= 0.3 is 0 Å². The van der Waals surface area contributed by atoms with Crippen LogP contribution in [0.5, 0.6) is 0 Å². The first-order valence-corrected chi connectivity index (χ1v) is 10.9. The molecule has 0 radical (unpaired) electrons. The number of thioether (sulfide) groups is 2. The summed E-state index contributed by atoms with van der Waals surface area (Å²) in [6.45, 7) is 0. The Morgan fingerprint density at radius 3 is 2.70 bits per heavy atom. The fourth-order valence-electron chi connectivity index (χ4n) is 1.83. The van der Waals surface area contributed by atoms with Crippen molar-refractivity contribution in [3.8, 4) is 0 Å². The molecule has 0 spiro atoms. The van der Waals surface area contributed by atoms with Gasteiger partial charge in [-0.15, -0.1) is 10.2 Å². The van der Waals surface area contributed by atoms with E-state index in [0.29, 0.717) is 0 Å². The predicted molar refractivity (Wildman–Crippen MR) is 112 cm³/mol. The highest BCUT2D eigenvalue weighted by Gasteiger charge is 2.08. The lowest BCUT2D eigenvalue weighted by Gasteiger charge is -1.98. The Morgan fingerprint density at radius 1 is 1.19 bits per heavy atom. The minimum absolute atomic E-state index is 0.203. The van der Waals surface area contributed by atoms with Gasteiger partial charge in [-0.1, -0.05) is 64.7 Å². The van der Waals surface area contributed by atoms with E-state index in [4.69, 9.17) is 11.6 Å². The average Bonchev–Trinajstić information content (AvgIpc) is 3.15. The molecule has 3 rings (SSSR count). The van der Waals surface area contributed by atoms with Gasteiger partial charge in [-0.05, 0) is 23.8 Å². The van der Waals surface area contributed by atoms with Gasteiger partial charge in [-0.2, -0.15) is 5.10 Å². The Morgan fingerprint density at radius 2 is 1.96 bits per heavy atom. The van der Waals surface area contributed by atoms with Gasteiger partial charge in [-0.3, -0.25) is 9.78 Å². The molecule has 3 aromatic rings. The summed E-state index contributed by atoms with van der Waals surface area (Å²) in [5.41, 5.74) is 4.46. The number of halogens is 1. The summed E-state index contributed by atoms with van der Waals surface area (Å²) < 4.78 is 1.61. The van der Waals surface area contributed by atoms with Crippen molar-refractivity contribution >= 4 is 58.6 Å². The van der Waals surface area contributed by atoms with Crippen molar-refractivity contribution in [1.29, 1.82) is 0 Å². The van der Waals surface area contributed by atoms with Crippen molar-refractivity contribution in [2.75, 3.05) is 5.75 Å². The zero-order valence-corrected chi connectivity index (χ0v) is 17.1. The zero-order chi connectivity index (χ0) is 18.9. The molecule has 0 bridgehead atoms. The molecule has 0 saturated carbocycles. The maximum Gasteiger partial charge on any atom is 0.250 e. The fourth-order valence-corrected chi connectivity index (χ4v) is 4.72. The van der Waals surface area contributed by atoms with Gasteiger partial charge in [0, 0.05) is 28.7 Å². The average molecular weight is 436 g/mol. The number of carbonyl (C=O) groups is 1. The van der Waals surface area contributed by atoms with Crippen molar-refractivity contribution < 1.29 is 4.79 Å². The van der Waals surface area contributed by atoms with Crippen LogP contribution in [0.1, 0.15) is 11.1 Å². The molecule has 0 atom stereocenters. The van der Waals surface area contributed by atoms with E-state index >= 15 is 0 Å². The van der Waals surface area contributed by atoms with Gasteiger partial charge in [0.05, 0.1) is 12.0 Å². The number of aromatic nitrogens is 3. The van der Waals surface area contributed by atoms with Crippen molar-refractivity contribution in [2.45, 2.75) is 14.4 Å². The lowest BCUT2D eigenvalue weighted by molar-refractivity contribution is -0.118. The number of rotatable bonds is 8. The van der Waals surface area contributed by atoms with Gasteiger partial charge in [0.1, 0.15) is 0 Å². The van der Waals surface area contributed by atoms with Crippen molar-refractivity contribution in [1.82, 2.24) is 20.6 Å². The molecule has 0 saturated heterocycles. The lowest BCUT2D eigenvalue weighted by atomic mass is 10.2. The van der Waals surface area contributed by atoms with Gasteiger partial charge < -0.3 is 0 Å². The first-order chi connectivity index (χ1) is 13.2. The zero-order valence-electron chi connectivity index (χ0n) is 13.9. The van der Waals surface area contributed by atoms with Crippen LogP contribution < -0.4 is 5.43 Å². The number of amides is 1. The van der Waals surface area contributed by atoms with E-state index in [1.165, 1.54) is 28.7 Å². The van der Waals surface area contributed by atoms with Gasteiger partial charge in [0.25, 0.3) is 5.91 Å². The molecule has 0 aliphatic rings. The van der Waals surface area contributed by atoms with E-state index in [1.54, 1.807) is 36.4 Å². The third-order valence-corrected chi connectivity index (χ3v) is 6.59. The molecule has 1 amide bonds. The smallest absolute Gasteiger partial charge is 0.250 e. The molecule has 6 nitrogen and oxygen atoms in total. The van der Waals surface area contributed by atoms with Crippen LogP contribution in [-0.4, -0.2) is 33.1 Å². The molecule has 0 unspecified atom stereocenters. The summed E-state index contributed by atoms with van der Waals surface area (Å²) in [5, 5.41) is 12.9. The summed E-state index contributed by atoms with van der Waals surface area (Å²) in [7, 11) is 0. The molecule has 0 aliphatic heterocycles. The molecule has 1 N–H and O–H groups in total. The Kier molecular flexibility index (Phi) is 7.64. The van der Waals surface area contributed by atoms with Crippen LogP contribution in [0.25, 0.3) is 0 Å². The summed E-state index contributed by atoms with van der Waals surface area (Å²) in [6, 6.07) is 11.4. The second-order valence-electron chi connectivity index (χ2n) is 5.12. The van der Waals surface area contributed by atoms with Crippen molar-refractivity contribution in [3.63, 3.8) is 0 Å². The first-order valence-electron chi connectivity index (χ1n) is 7.74. The molecule has 10 heteroatoms. The minimum Gasteiger partial charge on any atom is -0.272 e. The number of hydrogen-bond acceptors (Lipinski definition) is 8. The summed E-state index contributed by atoms with van der Waals surface area (Å²) >= 11 is 10.3. The number of hydrazone groups is 1. The van der Waals surface area contributed by atoms with E-state index in [9.17, 15) is 4.79 Å². The van der Waals surface area contributed by atoms with E-state index in [0.717, 1.165) is 25.0 Å². The van der Waals surface area contributed by atoms with Gasteiger partial charge in [-0.25, -0.2) is 5.43 Å². The van der Waals surface area contributed by atoms with E-state index in [-0.39, 0.29) is 11.7 Å². The van der Waals surface area contributed by atoms with E-state index in [2.05, 4.69) is 25.7 Å². The Labute approximate surface area is 173 Å². The fraction of sp³-hybridized carbons (Fsp3) is 0.118. The number of carbonyl (C=O) groups excluding carboxylic acids is 1. The van der Waals surface area contributed by atoms with Crippen LogP contribution in [-0.2, 0) is 10.5 Å². The van der Waals surface area contributed by atoms with Crippen LogP contribution >= 0.6 is 46.5 Å². The standard InChI is InChI=1S/C17H14ClN5OS3/c18-14-5-3-12(4-6-14)10-25-16-22-23-17(27-16)26-11-15(24)21-20-9-13-2-1-7-19-8-13/h1-9H,10-11H2,(H,21,24). The molecule has 27 heavy (non-hydrogen) atoms. The molecular formula is C17H14ClN5OS3. The molecular weight excluding hydrogens is 422 g/mol. The molecule has 2 aromatic heterocycles. The summed E-state index contributed by atoms with van der Waals surface area (Å²) in [4.78, 5) is 15.8.